The maximum atomic E-state index is 13.5. The van der Waals surface area contributed by atoms with Gasteiger partial charge in [-0.1, -0.05) is 60.7 Å². The van der Waals surface area contributed by atoms with Crippen LogP contribution in [0.4, 0.5) is 17.1 Å². The molecule has 0 saturated carbocycles. The second-order valence-electron chi connectivity index (χ2n) is 11.0. The SMILES string of the molecule is O=C(/C=C/c1ccc([N+](=O)[O-])cc1)Nc1ccc(N2CCC(Cc3ccccc3)CC2)c(C(=O)NCCc2ccccc2)c1. The number of non-ortho nitro benzene ring substituents is 1. The van der Waals surface area contributed by atoms with Crippen molar-refractivity contribution in [2.24, 2.45) is 5.92 Å². The van der Waals surface area contributed by atoms with Crippen LogP contribution >= 0.6 is 0 Å². The molecule has 1 fully saturated rings. The molecule has 1 heterocycles. The summed E-state index contributed by atoms with van der Waals surface area (Å²) in [6.45, 7) is 2.20. The van der Waals surface area contributed by atoms with Gasteiger partial charge in [-0.25, -0.2) is 0 Å². The zero-order valence-corrected chi connectivity index (χ0v) is 24.5. The summed E-state index contributed by atoms with van der Waals surface area (Å²) in [4.78, 5) is 38.9. The third kappa shape index (κ3) is 8.41. The fourth-order valence-electron chi connectivity index (χ4n) is 5.52. The molecule has 8 nitrogen and oxygen atoms in total. The van der Waals surface area contributed by atoms with Gasteiger partial charge in [0.2, 0.25) is 5.91 Å². The summed E-state index contributed by atoms with van der Waals surface area (Å²) >= 11 is 0. The summed E-state index contributed by atoms with van der Waals surface area (Å²) in [7, 11) is 0. The Bertz CT molecular complexity index is 1600. The highest BCUT2D eigenvalue weighted by molar-refractivity contribution is 6.05. The van der Waals surface area contributed by atoms with Crippen LogP contribution in [0.2, 0.25) is 0 Å². The molecular formula is C36H36N4O4. The number of nitro benzene ring substituents is 1. The van der Waals surface area contributed by atoms with Crippen molar-refractivity contribution in [1.29, 1.82) is 0 Å². The quantitative estimate of drug-likeness (QED) is 0.116. The highest BCUT2D eigenvalue weighted by Crippen LogP contribution is 2.30. The molecular weight excluding hydrogens is 552 g/mol. The van der Waals surface area contributed by atoms with Crippen molar-refractivity contribution in [3.63, 3.8) is 0 Å². The van der Waals surface area contributed by atoms with Gasteiger partial charge < -0.3 is 15.5 Å². The van der Waals surface area contributed by atoms with E-state index in [0.29, 0.717) is 29.3 Å². The van der Waals surface area contributed by atoms with Crippen molar-refractivity contribution in [2.75, 3.05) is 29.9 Å². The van der Waals surface area contributed by atoms with Gasteiger partial charge in [0.25, 0.3) is 11.6 Å². The molecule has 0 bridgehead atoms. The highest BCUT2D eigenvalue weighted by Gasteiger charge is 2.24. The number of amides is 2. The summed E-state index contributed by atoms with van der Waals surface area (Å²) in [6, 6.07) is 32.0. The second-order valence-corrected chi connectivity index (χ2v) is 11.0. The van der Waals surface area contributed by atoms with Crippen LogP contribution in [0.25, 0.3) is 6.08 Å². The Morgan fingerprint density at radius 1 is 0.864 bits per heavy atom. The minimum absolute atomic E-state index is 0.0123. The van der Waals surface area contributed by atoms with Crippen molar-refractivity contribution in [1.82, 2.24) is 5.32 Å². The number of nitrogens with zero attached hydrogens (tertiary/aromatic N) is 2. The zero-order valence-electron chi connectivity index (χ0n) is 24.5. The smallest absolute Gasteiger partial charge is 0.269 e. The molecule has 0 spiro atoms. The lowest BCUT2D eigenvalue weighted by Gasteiger charge is -2.35. The fourth-order valence-corrected chi connectivity index (χ4v) is 5.52. The number of hydrogen-bond donors (Lipinski definition) is 2. The molecule has 0 aliphatic carbocycles. The summed E-state index contributed by atoms with van der Waals surface area (Å²) < 4.78 is 0. The van der Waals surface area contributed by atoms with E-state index in [9.17, 15) is 19.7 Å². The average molecular weight is 589 g/mol. The van der Waals surface area contributed by atoms with E-state index < -0.39 is 4.92 Å². The number of nitrogens with one attached hydrogen (secondary N) is 2. The maximum Gasteiger partial charge on any atom is 0.269 e. The lowest BCUT2D eigenvalue weighted by Crippen LogP contribution is -2.36. The molecule has 0 unspecified atom stereocenters. The summed E-state index contributed by atoms with van der Waals surface area (Å²) in [5, 5.41) is 16.8. The molecule has 4 aromatic carbocycles. The predicted octanol–water partition coefficient (Wildman–Crippen LogP) is 6.68. The fraction of sp³-hybridized carbons (Fsp3) is 0.222. The van der Waals surface area contributed by atoms with Crippen LogP contribution in [0.1, 0.15) is 39.9 Å². The van der Waals surface area contributed by atoms with Crippen LogP contribution in [-0.2, 0) is 17.6 Å². The van der Waals surface area contributed by atoms with Gasteiger partial charge in [-0.3, -0.25) is 19.7 Å². The Hall–Kier alpha value is -5.24. The number of hydrogen-bond acceptors (Lipinski definition) is 5. The lowest BCUT2D eigenvalue weighted by molar-refractivity contribution is -0.384. The summed E-state index contributed by atoms with van der Waals surface area (Å²) in [5.74, 6) is 0.0472. The molecule has 1 aliphatic heterocycles. The minimum Gasteiger partial charge on any atom is -0.371 e. The summed E-state index contributed by atoms with van der Waals surface area (Å²) in [6.07, 6.45) is 6.80. The number of piperidine rings is 1. The number of rotatable bonds is 11. The Labute approximate surface area is 257 Å². The monoisotopic (exact) mass is 588 g/mol. The van der Waals surface area contributed by atoms with E-state index in [1.54, 1.807) is 24.3 Å². The van der Waals surface area contributed by atoms with Crippen LogP contribution < -0.4 is 15.5 Å². The van der Waals surface area contributed by atoms with Gasteiger partial charge in [-0.2, -0.15) is 0 Å². The molecule has 4 aromatic rings. The van der Waals surface area contributed by atoms with Crippen molar-refractivity contribution in [3.8, 4) is 0 Å². The van der Waals surface area contributed by atoms with Crippen molar-refractivity contribution < 1.29 is 14.5 Å². The summed E-state index contributed by atoms with van der Waals surface area (Å²) in [5.41, 5.74) is 5.05. The molecule has 1 saturated heterocycles. The van der Waals surface area contributed by atoms with Gasteiger partial charge >= 0.3 is 0 Å². The number of benzene rings is 4. The molecule has 44 heavy (non-hydrogen) atoms. The van der Waals surface area contributed by atoms with Crippen LogP contribution in [0.5, 0.6) is 0 Å². The predicted molar refractivity (Wildman–Crippen MR) is 175 cm³/mol. The zero-order chi connectivity index (χ0) is 30.7. The van der Waals surface area contributed by atoms with Gasteiger partial charge in [0.05, 0.1) is 10.5 Å². The van der Waals surface area contributed by atoms with E-state index in [1.165, 1.54) is 23.8 Å². The first-order valence-corrected chi connectivity index (χ1v) is 14.9. The largest absolute Gasteiger partial charge is 0.371 e. The van der Waals surface area contributed by atoms with Gasteiger partial charge in [-0.15, -0.1) is 0 Å². The topological polar surface area (TPSA) is 105 Å². The highest BCUT2D eigenvalue weighted by atomic mass is 16.6. The van der Waals surface area contributed by atoms with Crippen LogP contribution in [0.3, 0.4) is 0 Å². The average Bonchev–Trinajstić information content (AvgIpc) is 3.05. The van der Waals surface area contributed by atoms with E-state index in [-0.39, 0.29) is 17.5 Å². The third-order valence-corrected chi connectivity index (χ3v) is 7.90. The molecule has 0 radical (unpaired) electrons. The molecule has 0 aromatic heterocycles. The number of carbonyl (C=O) groups is 2. The van der Waals surface area contributed by atoms with Gasteiger partial charge in [0.15, 0.2) is 0 Å². The standard InChI is InChI=1S/C36H36N4O4/c41-35(18-13-28-11-15-32(16-12-28)40(43)44)38-31-14-17-34(33(26-31)36(42)37-22-19-27-7-3-1-4-8-27)39-23-20-30(21-24-39)25-29-9-5-2-6-10-29/h1-18,26,30H,19-25H2,(H,37,42)(H,38,41)/b18-13+. The Kier molecular flexibility index (Phi) is 10.2. The van der Waals surface area contributed by atoms with Crippen molar-refractivity contribution >= 4 is 35.0 Å². The maximum absolute atomic E-state index is 13.5. The lowest BCUT2D eigenvalue weighted by atomic mass is 9.89. The van der Waals surface area contributed by atoms with Crippen LogP contribution in [-0.4, -0.2) is 36.4 Å². The van der Waals surface area contributed by atoms with Crippen molar-refractivity contribution in [2.45, 2.75) is 25.7 Å². The molecule has 8 heteroatoms. The van der Waals surface area contributed by atoms with Gasteiger partial charge in [-0.05, 0) is 84.7 Å². The van der Waals surface area contributed by atoms with E-state index in [4.69, 9.17) is 0 Å². The number of nitro groups is 1. The normalized spacial score (nSPS) is 13.5. The second kappa shape index (κ2) is 14.8. The van der Waals surface area contributed by atoms with E-state index in [1.807, 2.05) is 48.5 Å². The molecule has 2 amide bonds. The molecule has 5 rings (SSSR count). The molecule has 0 atom stereocenters. The van der Waals surface area contributed by atoms with Gasteiger partial charge in [0, 0.05) is 49.2 Å². The molecule has 1 aliphatic rings. The molecule has 224 valence electrons. The Balaban J connectivity index is 1.27. The van der Waals surface area contributed by atoms with E-state index >= 15 is 0 Å². The minimum atomic E-state index is -0.466. The van der Waals surface area contributed by atoms with Gasteiger partial charge in [0.1, 0.15) is 0 Å². The first-order valence-electron chi connectivity index (χ1n) is 14.9. The van der Waals surface area contributed by atoms with Crippen molar-refractivity contribution in [3.05, 3.63) is 142 Å². The third-order valence-electron chi connectivity index (χ3n) is 7.90. The van der Waals surface area contributed by atoms with E-state index in [2.05, 4.69) is 39.8 Å². The first-order chi connectivity index (χ1) is 21.4. The first kappa shape index (κ1) is 30.2. The number of carbonyl (C=O) groups excluding carboxylic acids is 2. The van der Waals surface area contributed by atoms with Crippen LogP contribution in [0.15, 0.2) is 109 Å². The Morgan fingerprint density at radius 2 is 1.52 bits per heavy atom. The Morgan fingerprint density at radius 3 is 2.18 bits per heavy atom. The van der Waals surface area contributed by atoms with E-state index in [0.717, 1.165) is 50.0 Å². The number of anilines is 2. The van der Waals surface area contributed by atoms with Crippen LogP contribution in [0, 0.1) is 16.0 Å². The molecule has 2 N–H and O–H groups in total.